The van der Waals surface area contributed by atoms with Gasteiger partial charge in [-0.05, 0) is 198 Å². The number of anilines is 2. The second-order valence-electron chi connectivity index (χ2n) is 23.6. The summed E-state index contributed by atoms with van der Waals surface area (Å²) in [5.41, 5.74) is 16.2. The number of fused-ring (bicyclic) bond motifs is 2. The number of carboxylic acid groups (broad SMARTS) is 1. The number of halogens is 2. The fourth-order valence-electron chi connectivity index (χ4n) is 10.4. The van der Waals surface area contributed by atoms with Crippen molar-refractivity contribution in [3.05, 3.63) is 249 Å². The Morgan fingerprint density at radius 1 is 0.540 bits per heavy atom. The average molecular weight is 1180 g/mol. The van der Waals surface area contributed by atoms with Gasteiger partial charge in [0.1, 0.15) is 22.8 Å². The summed E-state index contributed by atoms with van der Waals surface area (Å²) in [5, 5.41) is 12.4. The highest BCUT2D eigenvalue weighted by molar-refractivity contribution is 5.99. The Morgan fingerprint density at radius 3 is 1.36 bits per heavy atom. The minimum Gasteiger partial charge on any atom is -0.478 e. The molecular weight excluding hydrogens is 1090 g/mol. The normalized spacial score (nSPS) is 13.2. The van der Waals surface area contributed by atoms with Gasteiger partial charge < -0.3 is 35.4 Å². The van der Waals surface area contributed by atoms with E-state index in [4.69, 9.17) is 15.2 Å². The lowest BCUT2D eigenvalue weighted by Gasteiger charge is -2.32. The number of carbonyl (C=O) groups excluding carboxylic acids is 3. The lowest BCUT2D eigenvalue weighted by molar-refractivity contribution is 0.00578. The van der Waals surface area contributed by atoms with Gasteiger partial charge in [-0.1, -0.05) is 124 Å². The molecule has 87 heavy (non-hydrogen) atoms. The van der Waals surface area contributed by atoms with Gasteiger partial charge in [-0.15, -0.1) is 0 Å². The number of rotatable bonds is 13. The number of hydrogen-bond donors (Lipinski definition) is 3. The Balaban J connectivity index is 0.000000241. The average Bonchev–Trinajstić information content (AvgIpc) is 1.82. The molecule has 0 aromatic heterocycles. The smallest absolute Gasteiger partial charge is 0.339 e. The van der Waals surface area contributed by atoms with Crippen LogP contribution in [0.2, 0.25) is 0 Å². The Kier molecular flexibility index (Phi) is 23.1. The summed E-state index contributed by atoms with van der Waals surface area (Å²) in [6, 6.07) is 55.1. The zero-order chi connectivity index (χ0) is 61.0. The van der Waals surface area contributed by atoms with Crippen LogP contribution in [0.4, 0.5) is 20.2 Å². The summed E-state index contributed by atoms with van der Waals surface area (Å²) in [7, 11) is 0. The predicted octanol–water partition coefficient (Wildman–Crippen LogP) is 17.0. The molecule has 456 valence electrons. The van der Waals surface area contributed by atoms with Crippen LogP contribution in [0.25, 0.3) is 22.3 Å². The Hall–Kier alpha value is -8.94. The van der Waals surface area contributed by atoms with E-state index in [9.17, 15) is 28.7 Å². The highest BCUT2D eigenvalue weighted by Crippen LogP contribution is 2.35. The topological polar surface area (TPSA) is 152 Å². The van der Waals surface area contributed by atoms with E-state index in [1.165, 1.54) is 17.7 Å². The molecule has 2 aliphatic heterocycles. The molecule has 2 aliphatic rings. The van der Waals surface area contributed by atoms with Gasteiger partial charge in [-0.2, -0.15) is 0 Å². The highest BCUT2D eigenvalue weighted by Gasteiger charge is 2.26. The second-order valence-corrected chi connectivity index (χ2v) is 23.6. The van der Waals surface area contributed by atoms with Gasteiger partial charge in [0.25, 0.3) is 5.91 Å². The molecule has 13 heteroatoms. The number of amides is 1. The third kappa shape index (κ3) is 18.1. The number of ether oxygens (including phenoxy) is 2. The number of benzene rings is 8. The number of nitrogens with zero attached hydrogens (tertiary/aromatic N) is 2. The van der Waals surface area contributed by atoms with E-state index >= 15 is 4.39 Å². The third-order valence-corrected chi connectivity index (χ3v) is 14.6. The zero-order valence-electron chi connectivity index (χ0n) is 49.8. The van der Waals surface area contributed by atoms with Crippen molar-refractivity contribution in [2.75, 3.05) is 22.9 Å². The largest absolute Gasteiger partial charge is 0.478 e. The van der Waals surface area contributed by atoms with Crippen molar-refractivity contribution in [2.24, 2.45) is 5.73 Å². The van der Waals surface area contributed by atoms with Gasteiger partial charge in [0.05, 0.1) is 22.7 Å². The number of hydrogen-bond acceptors (Lipinski definition) is 9. The molecule has 4 N–H and O–H groups in total. The van der Waals surface area contributed by atoms with E-state index in [1.807, 2.05) is 165 Å². The quantitative estimate of drug-likeness (QED) is 0.0952. The summed E-state index contributed by atoms with van der Waals surface area (Å²) in [6.45, 7) is 17.2. The summed E-state index contributed by atoms with van der Waals surface area (Å²) < 4.78 is 41.2. The van der Waals surface area contributed by atoms with Crippen LogP contribution in [0.5, 0.6) is 0 Å². The number of aryl methyl sites for hydroxylation is 2. The first-order valence-corrected chi connectivity index (χ1v) is 28.9. The van der Waals surface area contributed by atoms with E-state index in [2.05, 4.69) is 15.1 Å². The first kappa shape index (κ1) is 67.2. The number of esters is 2. The molecule has 10 rings (SSSR count). The summed E-state index contributed by atoms with van der Waals surface area (Å²) in [6.07, 6.45) is 3.41. The molecule has 8 aromatic carbocycles. The van der Waals surface area contributed by atoms with Crippen molar-refractivity contribution in [1.82, 2.24) is 5.32 Å². The van der Waals surface area contributed by atoms with Gasteiger partial charge >= 0.3 is 17.9 Å². The number of nitrogens with one attached hydrogen (secondary N) is 1. The van der Waals surface area contributed by atoms with Crippen molar-refractivity contribution < 1.29 is 42.5 Å². The third-order valence-electron chi connectivity index (χ3n) is 14.6. The molecule has 0 unspecified atom stereocenters. The molecule has 0 spiro atoms. The standard InChI is InChI=1S/C36H37FN2O3.C28H28FNO4.C8H11N.2CH4/c1-24(25-11-6-5-7-12-25)38-34(40)28-17-19-33-27(22-28)13-10-20-39(33)23-29-21-26(16-18-32(29)37)30-14-8-9-15-31(30)35(41)42-36(2,3)4;1-28(2,3)34-27(33)23-9-5-4-8-22(23)18-10-12-24(29)21(15-18)17-30-14-6-7-19-16-20(26(31)32)11-13-25(19)30;1-7(9)8-5-3-2-4-6-8;;/h5-9,11-12,14-19,21-22,24H,10,13,20,23H2,1-4H3,(H,38,40);4-5,8-13,15-16H,6-7,14,17H2,1-3H3,(H,31,32);2-7H,9H2,1H3;2*1H4/t24-;;7-;;/m0.0../s1. The van der Waals surface area contributed by atoms with E-state index in [0.717, 1.165) is 78.0 Å². The summed E-state index contributed by atoms with van der Waals surface area (Å²) in [4.78, 5) is 54.3. The molecule has 1 amide bonds. The maximum absolute atomic E-state index is 15.2. The van der Waals surface area contributed by atoms with Crippen LogP contribution in [0.15, 0.2) is 182 Å². The van der Waals surface area contributed by atoms with Crippen molar-refractivity contribution in [3.63, 3.8) is 0 Å². The van der Waals surface area contributed by atoms with Crippen LogP contribution in [0.1, 0.15) is 170 Å². The van der Waals surface area contributed by atoms with Crippen LogP contribution in [0, 0.1) is 11.6 Å². The SMILES string of the molecule is C.C.CC(C)(C)OC(=O)c1ccccc1-c1ccc(F)c(CN2CCCc3cc(C(=O)O)ccc32)c1.C[C@H](N)c1ccccc1.C[C@H](NC(=O)c1ccc2c(c1)CCCN2Cc1cc(-c2ccccc2C(=O)OC(C)(C)C)ccc1F)c1ccccc1. The fraction of sp³-hybridized carbons (Fsp3) is 0.297. The molecular formula is C74H84F2N4O7. The summed E-state index contributed by atoms with van der Waals surface area (Å²) >= 11 is 0. The van der Waals surface area contributed by atoms with E-state index in [0.29, 0.717) is 52.0 Å². The minimum absolute atomic E-state index is 0. The number of aromatic carboxylic acids is 1. The molecule has 2 heterocycles. The highest BCUT2D eigenvalue weighted by atomic mass is 19.1. The Labute approximate surface area is 513 Å². The molecule has 2 atom stereocenters. The van der Waals surface area contributed by atoms with Crippen molar-refractivity contribution in [1.29, 1.82) is 0 Å². The molecule has 0 saturated carbocycles. The van der Waals surface area contributed by atoms with Crippen LogP contribution >= 0.6 is 0 Å². The van der Waals surface area contributed by atoms with Crippen LogP contribution < -0.4 is 20.9 Å². The van der Waals surface area contributed by atoms with Gasteiger partial charge in [0.15, 0.2) is 0 Å². The first-order valence-electron chi connectivity index (χ1n) is 28.9. The maximum Gasteiger partial charge on any atom is 0.339 e. The van der Waals surface area contributed by atoms with Crippen molar-refractivity contribution >= 4 is 35.2 Å². The van der Waals surface area contributed by atoms with Crippen LogP contribution in [-0.4, -0.2) is 53.2 Å². The molecule has 0 fully saturated rings. The first-order chi connectivity index (χ1) is 40.5. The van der Waals surface area contributed by atoms with Crippen LogP contribution in [-0.2, 0) is 35.4 Å². The van der Waals surface area contributed by atoms with E-state index in [-0.39, 0.29) is 50.0 Å². The van der Waals surface area contributed by atoms with Gasteiger partial charge in [-0.3, -0.25) is 4.79 Å². The molecule has 8 aromatic rings. The number of carboxylic acids is 1. The second kappa shape index (κ2) is 29.9. The molecule has 11 nitrogen and oxygen atoms in total. The molecule has 0 bridgehead atoms. The Morgan fingerprint density at radius 2 is 0.943 bits per heavy atom. The molecule has 0 saturated heterocycles. The monoisotopic (exact) mass is 1180 g/mol. The molecule has 0 radical (unpaired) electrons. The Bertz CT molecular complexity index is 3650. The lowest BCUT2D eigenvalue weighted by atomic mass is 9.96. The van der Waals surface area contributed by atoms with Crippen molar-refractivity contribution in [2.45, 2.75) is 132 Å². The zero-order valence-corrected chi connectivity index (χ0v) is 49.8. The van der Waals surface area contributed by atoms with E-state index < -0.39 is 29.1 Å². The summed E-state index contributed by atoms with van der Waals surface area (Å²) in [5.74, 6) is -2.53. The van der Waals surface area contributed by atoms with Crippen LogP contribution in [0.3, 0.4) is 0 Å². The maximum atomic E-state index is 15.2. The fourth-order valence-corrected chi connectivity index (χ4v) is 10.4. The van der Waals surface area contributed by atoms with E-state index in [1.54, 1.807) is 60.7 Å². The van der Waals surface area contributed by atoms with Crippen molar-refractivity contribution in [3.8, 4) is 22.3 Å². The minimum atomic E-state index is -0.956. The van der Waals surface area contributed by atoms with Gasteiger partial charge in [0, 0.05) is 60.3 Å². The molecule has 0 aliphatic carbocycles. The van der Waals surface area contributed by atoms with Gasteiger partial charge in [0.2, 0.25) is 0 Å². The number of nitrogens with two attached hydrogens (primary N) is 1. The number of carbonyl (C=O) groups is 4. The lowest BCUT2D eigenvalue weighted by Crippen LogP contribution is -2.30. The predicted molar refractivity (Wildman–Crippen MR) is 347 cm³/mol. The van der Waals surface area contributed by atoms with Gasteiger partial charge in [-0.25, -0.2) is 23.2 Å².